The van der Waals surface area contributed by atoms with E-state index in [1.807, 2.05) is 24.3 Å². The molecule has 2 aromatic carbocycles. The van der Waals surface area contributed by atoms with Crippen molar-refractivity contribution in [1.29, 1.82) is 0 Å². The molecular weight excluding hydrogens is 466 g/mol. The van der Waals surface area contributed by atoms with Crippen molar-refractivity contribution < 1.29 is 19.8 Å². The number of carbonyl (C=O) groups is 2. The zero-order valence-corrected chi connectivity index (χ0v) is 21.0. The van der Waals surface area contributed by atoms with E-state index in [1.165, 1.54) is 11.1 Å². The van der Waals surface area contributed by atoms with Crippen LogP contribution in [0.15, 0.2) is 48.5 Å². The third kappa shape index (κ3) is 10.8. The third-order valence-electron chi connectivity index (χ3n) is 3.67. The fraction of sp³-hybridized carbons (Fsp3) is 0.364. The fourth-order valence-electron chi connectivity index (χ4n) is 2.50. The molecule has 0 bridgehead atoms. The molecular formula is C22H26BaO4. The van der Waals surface area contributed by atoms with E-state index >= 15 is 0 Å². The minimum absolute atomic E-state index is 0. The molecule has 0 aliphatic heterocycles. The smallest absolute Gasteiger partial charge is 0.545 e. The van der Waals surface area contributed by atoms with E-state index in [0.717, 1.165) is 12.8 Å². The van der Waals surface area contributed by atoms with E-state index in [1.54, 1.807) is 24.3 Å². The maximum absolute atomic E-state index is 10.4. The van der Waals surface area contributed by atoms with Gasteiger partial charge in [-0.2, -0.15) is 0 Å². The SMILES string of the molecule is CC(C)Cc1ccc(C(=O)[O-])cc1.CC(C)Cc1ccc(C(=O)[O-])cc1.[Ba+2]. The molecule has 0 heterocycles. The fourth-order valence-corrected chi connectivity index (χ4v) is 2.50. The average Bonchev–Trinajstić information content (AvgIpc) is 2.55. The molecule has 2 rings (SSSR count). The number of carbonyl (C=O) groups excluding carboxylic acids is 2. The van der Waals surface area contributed by atoms with Gasteiger partial charge < -0.3 is 19.8 Å². The summed E-state index contributed by atoms with van der Waals surface area (Å²) in [5.41, 5.74) is 2.82. The van der Waals surface area contributed by atoms with Gasteiger partial charge in [-0.3, -0.25) is 0 Å². The van der Waals surface area contributed by atoms with E-state index in [-0.39, 0.29) is 60.0 Å². The van der Waals surface area contributed by atoms with Crippen molar-refractivity contribution in [1.82, 2.24) is 0 Å². The van der Waals surface area contributed by atoms with E-state index in [2.05, 4.69) is 27.7 Å². The van der Waals surface area contributed by atoms with Gasteiger partial charge in [0.05, 0.1) is 11.9 Å². The van der Waals surface area contributed by atoms with Gasteiger partial charge in [0, 0.05) is 0 Å². The Labute approximate surface area is 202 Å². The number of hydrogen-bond donors (Lipinski definition) is 0. The molecule has 0 radical (unpaired) electrons. The van der Waals surface area contributed by atoms with Crippen LogP contribution in [0.5, 0.6) is 0 Å². The van der Waals surface area contributed by atoms with Gasteiger partial charge in [0.15, 0.2) is 0 Å². The number of rotatable bonds is 6. The van der Waals surface area contributed by atoms with Gasteiger partial charge >= 0.3 is 48.9 Å². The second-order valence-electron chi connectivity index (χ2n) is 7.16. The maximum Gasteiger partial charge on any atom is 2.00 e. The van der Waals surface area contributed by atoms with Crippen LogP contribution in [0.3, 0.4) is 0 Å². The largest absolute Gasteiger partial charge is 2.00 e. The maximum atomic E-state index is 10.4. The topological polar surface area (TPSA) is 80.3 Å². The standard InChI is InChI=1S/2C11H14O2.Ba/c2*1-8(2)7-9-3-5-10(6-4-9)11(12)13;/h2*3-6,8H,7H2,1-2H3,(H,12,13);/q;;+2/p-2. The van der Waals surface area contributed by atoms with Crippen molar-refractivity contribution >= 4 is 60.8 Å². The second-order valence-corrected chi connectivity index (χ2v) is 7.16. The Balaban J connectivity index is 0.000000483. The Bertz CT molecular complexity index is 641. The minimum Gasteiger partial charge on any atom is -0.545 e. The van der Waals surface area contributed by atoms with Crippen molar-refractivity contribution in [2.24, 2.45) is 11.8 Å². The predicted molar refractivity (Wildman–Crippen MR) is 104 cm³/mol. The molecule has 0 unspecified atom stereocenters. The number of benzene rings is 2. The molecule has 2 aromatic rings. The summed E-state index contributed by atoms with van der Waals surface area (Å²) < 4.78 is 0. The Hall–Kier alpha value is -1.05. The number of carboxylic acid groups (broad SMARTS) is 2. The summed E-state index contributed by atoms with van der Waals surface area (Å²) in [4.78, 5) is 20.8. The molecule has 140 valence electrons. The summed E-state index contributed by atoms with van der Waals surface area (Å²) in [7, 11) is 0. The molecule has 0 saturated carbocycles. The Morgan fingerprint density at radius 3 is 1.11 bits per heavy atom. The van der Waals surface area contributed by atoms with Crippen LogP contribution in [0.1, 0.15) is 59.5 Å². The van der Waals surface area contributed by atoms with E-state index in [4.69, 9.17) is 0 Å². The molecule has 0 fully saturated rings. The first-order valence-electron chi connectivity index (χ1n) is 8.79. The summed E-state index contributed by atoms with van der Waals surface area (Å²) in [6, 6.07) is 13.7. The summed E-state index contributed by atoms with van der Waals surface area (Å²) in [6.45, 7) is 8.53. The molecule has 0 N–H and O–H groups in total. The summed E-state index contributed by atoms with van der Waals surface area (Å²) >= 11 is 0. The van der Waals surface area contributed by atoms with E-state index in [9.17, 15) is 19.8 Å². The Kier molecular flexibility index (Phi) is 12.7. The van der Waals surface area contributed by atoms with Crippen molar-refractivity contribution in [2.45, 2.75) is 40.5 Å². The third-order valence-corrected chi connectivity index (χ3v) is 3.67. The Morgan fingerprint density at radius 2 is 0.926 bits per heavy atom. The van der Waals surface area contributed by atoms with E-state index in [0.29, 0.717) is 11.8 Å². The van der Waals surface area contributed by atoms with Gasteiger partial charge in [0.1, 0.15) is 0 Å². The van der Waals surface area contributed by atoms with Crippen molar-refractivity contribution in [3.8, 4) is 0 Å². The monoisotopic (exact) mass is 492 g/mol. The zero-order chi connectivity index (χ0) is 19.7. The van der Waals surface area contributed by atoms with Crippen LogP contribution in [0.2, 0.25) is 0 Å². The molecule has 0 aliphatic carbocycles. The molecule has 4 nitrogen and oxygen atoms in total. The van der Waals surface area contributed by atoms with Crippen LogP contribution < -0.4 is 10.2 Å². The van der Waals surface area contributed by atoms with Gasteiger partial charge in [-0.25, -0.2) is 0 Å². The average molecular weight is 492 g/mol. The summed E-state index contributed by atoms with van der Waals surface area (Å²) in [5.74, 6) is -1.05. The second kappa shape index (κ2) is 13.2. The number of hydrogen-bond acceptors (Lipinski definition) is 4. The van der Waals surface area contributed by atoms with Gasteiger partial charge in [-0.15, -0.1) is 0 Å². The van der Waals surface area contributed by atoms with Crippen LogP contribution in [-0.4, -0.2) is 60.8 Å². The normalized spacial score (nSPS) is 10.0. The first kappa shape index (κ1) is 26.0. The number of carboxylic acids is 2. The molecule has 27 heavy (non-hydrogen) atoms. The first-order chi connectivity index (χ1) is 12.2. The predicted octanol–water partition coefficient (Wildman–Crippen LogP) is 2.12. The van der Waals surface area contributed by atoms with Crippen LogP contribution in [-0.2, 0) is 12.8 Å². The molecule has 0 aliphatic rings. The first-order valence-corrected chi connectivity index (χ1v) is 8.79. The molecule has 0 spiro atoms. The summed E-state index contributed by atoms with van der Waals surface area (Å²) in [5, 5.41) is 20.8. The van der Waals surface area contributed by atoms with Crippen molar-refractivity contribution in [3.05, 3.63) is 70.8 Å². The minimum atomic E-state index is -1.11. The van der Waals surface area contributed by atoms with Gasteiger partial charge in [-0.1, -0.05) is 76.2 Å². The van der Waals surface area contributed by atoms with Crippen LogP contribution in [0.25, 0.3) is 0 Å². The van der Waals surface area contributed by atoms with Crippen molar-refractivity contribution in [2.75, 3.05) is 0 Å². The molecule has 5 heteroatoms. The molecule has 0 amide bonds. The molecule has 0 aromatic heterocycles. The van der Waals surface area contributed by atoms with Crippen LogP contribution in [0, 0.1) is 11.8 Å². The number of aromatic carboxylic acids is 2. The Morgan fingerprint density at radius 1 is 0.667 bits per heavy atom. The van der Waals surface area contributed by atoms with E-state index < -0.39 is 11.9 Å². The van der Waals surface area contributed by atoms with Crippen LogP contribution in [0.4, 0.5) is 0 Å². The summed E-state index contributed by atoms with van der Waals surface area (Å²) in [6.07, 6.45) is 1.96. The quantitative estimate of drug-likeness (QED) is 0.580. The zero-order valence-electron chi connectivity index (χ0n) is 16.5. The van der Waals surface area contributed by atoms with Gasteiger partial charge in [0.2, 0.25) is 0 Å². The molecule has 0 saturated heterocycles. The van der Waals surface area contributed by atoms with Crippen LogP contribution >= 0.6 is 0 Å². The van der Waals surface area contributed by atoms with Gasteiger partial charge in [-0.05, 0) is 46.9 Å². The van der Waals surface area contributed by atoms with Crippen molar-refractivity contribution in [3.63, 3.8) is 0 Å². The van der Waals surface area contributed by atoms with Gasteiger partial charge in [0.25, 0.3) is 0 Å². The molecule has 0 atom stereocenters.